The summed E-state index contributed by atoms with van der Waals surface area (Å²) in [5, 5.41) is 32.3. The second kappa shape index (κ2) is 23.2. The summed E-state index contributed by atoms with van der Waals surface area (Å²) < 4.78 is 9.20. The van der Waals surface area contributed by atoms with Crippen LogP contribution >= 0.6 is 58.2 Å². The minimum absolute atomic E-state index is 0.177. The first-order valence-electron chi connectivity index (χ1n) is 24.9. The zero-order chi connectivity index (χ0) is 54.8. The maximum atomic E-state index is 13.9. The van der Waals surface area contributed by atoms with E-state index < -0.39 is 23.3 Å². The summed E-state index contributed by atoms with van der Waals surface area (Å²) in [5.41, 5.74) is 11.2. The fourth-order valence-electron chi connectivity index (χ4n) is 9.07. The van der Waals surface area contributed by atoms with Crippen molar-refractivity contribution in [1.29, 1.82) is 0 Å². The number of fused-ring (bicyclic) bond motifs is 1. The van der Waals surface area contributed by atoms with E-state index in [1.807, 2.05) is 113 Å². The van der Waals surface area contributed by atoms with Gasteiger partial charge in [-0.25, -0.2) is 14.7 Å². The number of thioether (sulfide) groups is 1. The summed E-state index contributed by atoms with van der Waals surface area (Å²) >= 11 is 26.6. The highest BCUT2D eigenvalue weighted by molar-refractivity contribution is 8.01. The van der Waals surface area contributed by atoms with Gasteiger partial charge in [0.15, 0.2) is 23.2 Å². The highest BCUT2D eigenvalue weighted by Gasteiger charge is 2.44. The number of benzene rings is 6. The summed E-state index contributed by atoms with van der Waals surface area (Å²) in [4.78, 5) is 47.6. The lowest BCUT2D eigenvalue weighted by Gasteiger charge is -2.20. The number of tetrazole rings is 1. The van der Waals surface area contributed by atoms with Gasteiger partial charge in [-0.05, 0) is 153 Å². The number of aryl methyl sites for hydroxylation is 4. The predicted octanol–water partition coefficient (Wildman–Crippen LogP) is 11.5. The molecule has 18 nitrogen and oxygen atoms in total. The van der Waals surface area contributed by atoms with Crippen molar-refractivity contribution in [2.24, 2.45) is 10.1 Å². The van der Waals surface area contributed by atoms with Crippen molar-refractivity contribution in [3.8, 4) is 11.4 Å². The van der Waals surface area contributed by atoms with Gasteiger partial charge in [0.1, 0.15) is 22.8 Å². The molecule has 3 amide bonds. The lowest BCUT2D eigenvalue weighted by Crippen LogP contribution is -2.37. The highest BCUT2D eigenvalue weighted by atomic mass is 35.5. The average Bonchev–Trinajstić information content (AvgIpc) is 4.47. The molecule has 0 aliphatic carbocycles. The third kappa shape index (κ3) is 11.4. The summed E-state index contributed by atoms with van der Waals surface area (Å²) in [7, 11) is 0. The minimum atomic E-state index is -0.966. The second-order valence-electron chi connectivity index (χ2n) is 18.7. The molecule has 398 valence electrons. The number of nitrogens with one attached hydrogen (secondary N) is 2. The number of hydrazone groups is 1. The van der Waals surface area contributed by atoms with Crippen LogP contribution in [-0.4, -0.2) is 93.9 Å². The number of rotatable bonds is 12. The molecule has 0 radical (unpaired) electrons. The van der Waals surface area contributed by atoms with Crippen molar-refractivity contribution in [3.05, 3.63) is 164 Å². The normalized spacial score (nSPS) is 17.1. The van der Waals surface area contributed by atoms with Gasteiger partial charge in [-0.2, -0.15) is 14.8 Å². The van der Waals surface area contributed by atoms with Gasteiger partial charge in [-0.15, -0.1) is 10.2 Å². The Morgan fingerprint density at radius 1 is 0.782 bits per heavy atom. The van der Waals surface area contributed by atoms with E-state index in [0.29, 0.717) is 61.3 Å². The largest absolute Gasteiger partial charge is 0.480 e. The molecule has 2 aromatic heterocycles. The second-order valence-corrected chi connectivity index (χ2v) is 21.4. The highest BCUT2D eigenvalue weighted by Crippen LogP contribution is 2.40. The maximum Gasteiger partial charge on any atom is 0.278 e. The molecule has 6 aromatic carbocycles. The van der Waals surface area contributed by atoms with Crippen LogP contribution in [0.4, 0.5) is 22.7 Å². The van der Waals surface area contributed by atoms with E-state index in [9.17, 15) is 14.4 Å². The first-order chi connectivity index (χ1) is 37.6. The number of aromatic nitrogens is 7. The Kier molecular flexibility index (Phi) is 16.0. The van der Waals surface area contributed by atoms with Crippen molar-refractivity contribution in [3.63, 3.8) is 0 Å². The van der Waals surface area contributed by atoms with Crippen LogP contribution in [0.25, 0.3) is 16.7 Å². The number of ether oxygens (including phenoxy) is 1. The molecule has 2 fully saturated rings. The van der Waals surface area contributed by atoms with Crippen LogP contribution in [0.2, 0.25) is 20.1 Å². The predicted molar refractivity (Wildman–Crippen MR) is 307 cm³/mol. The zero-order valence-electron chi connectivity index (χ0n) is 42.7. The van der Waals surface area contributed by atoms with E-state index in [1.54, 1.807) is 35.0 Å². The van der Waals surface area contributed by atoms with Gasteiger partial charge in [-0.3, -0.25) is 19.8 Å². The number of nitrogens with zero attached hydrogens (tertiary/aromatic N) is 12. The molecule has 3 aliphatic heterocycles. The van der Waals surface area contributed by atoms with Crippen molar-refractivity contribution in [2.75, 3.05) is 28.4 Å². The summed E-state index contributed by atoms with van der Waals surface area (Å²) in [6.07, 6.45) is 1.97. The van der Waals surface area contributed by atoms with Crippen molar-refractivity contribution >= 4 is 121 Å². The van der Waals surface area contributed by atoms with Gasteiger partial charge in [0.05, 0.1) is 37.6 Å². The van der Waals surface area contributed by atoms with Crippen LogP contribution < -0.4 is 25.5 Å². The molecule has 3 unspecified atom stereocenters. The van der Waals surface area contributed by atoms with Crippen molar-refractivity contribution in [1.82, 2.24) is 45.5 Å². The van der Waals surface area contributed by atoms with Crippen molar-refractivity contribution in [2.45, 2.75) is 76.4 Å². The first-order valence-corrected chi connectivity index (χ1v) is 27.3. The Balaban J connectivity index is 0.000000182. The van der Waals surface area contributed by atoms with Gasteiger partial charge in [0.2, 0.25) is 5.16 Å². The Morgan fingerprint density at radius 3 is 2.19 bits per heavy atom. The number of likely N-dealkylation sites (tertiary alicyclic amines) is 1. The molecule has 23 heteroatoms. The quantitative estimate of drug-likeness (QED) is 0.118. The molecule has 0 spiro atoms. The zero-order valence-corrected chi connectivity index (χ0v) is 46.6. The fraction of sp³-hybridized carbons (Fsp3) is 0.236. The SMILES string of the molecule is CCC(Oc1ccc(C)cc1C)C(=O)Nc1ccc(N2N=C(N3CCCC3)C(Sc3nnnn3-c3ccccc3)C2=O)cc1.Cc1ccc(Cl)c(N=C2NN(c3c(Cl)cc(Cl)cc3Cl)C(=O)C2n2nnc3cc(C)ccc32)c1. The third-order valence-corrected chi connectivity index (χ3v) is 15.2. The number of hydrazine groups is 1. The lowest BCUT2D eigenvalue weighted by atomic mass is 10.1. The summed E-state index contributed by atoms with van der Waals surface area (Å²) in [6.45, 7) is 11.5. The number of anilines is 3. The van der Waals surface area contributed by atoms with Gasteiger partial charge < -0.3 is 15.0 Å². The minimum Gasteiger partial charge on any atom is -0.480 e. The summed E-state index contributed by atoms with van der Waals surface area (Å²) in [6, 6.07) is 35.8. The molecule has 11 rings (SSSR count). The van der Waals surface area contributed by atoms with E-state index in [2.05, 4.69) is 41.5 Å². The molecule has 5 heterocycles. The first kappa shape index (κ1) is 53.8. The van der Waals surface area contributed by atoms with Crippen LogP contribution in [0.1, 0.15) is 54.5 Å². The molecule has 2 N–H and O–H groups in total. The Bertz CT molecular complexity index is 3620. The number of carbonyl (C=O) groups excluding carboxylic acids is 3. The Hall–Kier alpha value is -7.55. The van der Waals surface area contributed by atoms with Gasteiger partial charge in [0.25, 0.3) is 17.7 Å². The van der Waals surface area contributed by atoms with E-state index >= 15 is 0 Å². The van der Waals surface area contributed by atoms with Gasteiger partial charge in [0, 0.05) is 23.8 Å². The number of hydrogen-bond donors (Lipinski definition) is 2. The molecule has 78 heavy (non-hydrogen) atoms. The molecular formula is C55H50Cl4N14O4S. The van der Waals surface area contributed by atoms with E-state index in [-0.39, 0.29) is 33.4 Å². The molecule has 3 atom stereocenters. The van der Waals surface area contributed by atoms with Gasteiger partial charge in [-0.1, -0.05) is 118 Å². The van der Waals surface area contributed by atoms with E-state index in [0.717, 1.165) is 53.9 Å². The standard InChI is InChI=1S/C32H34N8O3S.C23H16Cl4N6O/c1-4-26(43-27-17-12-21(2)20-22(27)3)30(41)33-23-13-15-25(16-14-23)39-31(42)28(29(35-39)38-18-8-9-19-38)44-32-34-36-37-40(32)24-10-6-5-7-11-24;1-11-3-5-14(25)17(7-11)28-22-21(32-19-6-4-12(2)8-18(19)29-31-32)23(34)33(30-22)20-15(26)9-13(24)10-16(20)27/h5-7,10-17,20,26,28H,4,8-9,18-19H2,1-3H3,(H,33,41);3-10,21H,1-2H3,(H,28,30). The molecule has 0 bridgehead atoms. The molecule has 2 saturated heterocycles. The van der Waals surface area contributed by atoms with Crippen LogP contribution in [0, 0.1) is 27.7 Å². The molecule has 8 aromatic rings. The van der Waals surface area contributed by atoms with E-state index in [4.69, 9.17) is 61.2 Å². The number of amides is 3. The van der Waals surface area contributed by atoms with Crippen LogP contribution in [-0.2, 0) is 14.4 Å². The topological polar surface area (TPSA) is 193 Å². The van der Waals surface area contributed by atoms with Crippen LogP contribution in [0.15, 0.2) is 137 Å². The van der Waals surface area contributed by atoms with E-state index in [1.165, 1.54) is 38.6 Å². The number of halogens is 4. The van der Waals surface area contributed by atoms with Crippen LogP contribution in [0.5, 0.6) is 5.75 Å². The monoisotopic (exact) mass is 1140 g/mol. The number of carbonyl (C=O) groups is 3. The fourth-order valence-corrected chi connectivity index (χ4v) is 11.2. The molecular weight excluding hydrogens is 1090 g/mol. The average molecular weight is 1140 g/mol. The van der Waals surface area contributed by atoms with Crippen LogP contribution in [0.3, 0.4) is 0 Å². The van der Waals surface area contributed by atoms with Crippen molar-refractivity contribution < 1.29 is 19.1 Å². The molecule has 3 aliphatic rings. The van der Waals surface area contributed by atoms with Gasteiger partial charge >= 0.3 is 0 Å². The smallest absolute Gasteiger partial charge is 0.278 e. The number of aliphatic imine (C=N–C) groups is 1. The summed E-state index contributed by atoms with van der Waals surface area (Å²) in [5.74, 6) is 0.862. The Morgan fingerprint density at radius 2 is 1.47 bits per heavy atom. The number of hydrogen-bond acceptors (Lipinski definition) is 13. The third-order valence-electron chi connectivity index (χ3n) is 13.0. The molecule has 0 saturated carbocycles. The number of para-hydroxylation sites is 1. The number of amidine groups is 2. The maximum absolute atomic E-state index is 13.9. The Labute approximate surface area is 473 Å². The lowest BCUT2D eigenvalue weighted by molar-refractivity contribution is -0.123.